The van der Waals surface area contributed by atoms with Crippen molar-refractivity contribution in [1.29, 1.82) is 0 Å². The van der Waals surface area contributed by atoms with E-state index in [9.17, 15) is 16.9 Å². The van der Waals surface area contributed by atoms with Crippen molar-refractivity contribution >= 4 is 70.7 Å². The number of methoxy groups -OCH3 is 1. The highest BCUT2D eigenvalue weighted by atomic mass is 35.5. The Bertz CT molecular complexity index is 1490. The molecular weight excluding hydrogens is 601 g/mol. The fourth-order valence-corrected chi connectivity index (χ4v) is 5.67. The van der Waals surface area contributed by atoms with Gasteiger partial charge >= 0.3 is 10.2 Å². The van der Waals surface area contributed by atoms with Crippen molar-refractivity contribution in [2.45, 2.75) is 17.9 Å². The van der Waals surface area contributed by atoms with E-state index < -0.39 is 22.3 Å². The molecular formula is C23H27Cl3FN4O5PS. The van der Waals surface area contributed by atoms with Crippen molar-refractivity contribution in [1.82, 2.24) is 14.9 Å². The largest absolute Gasteiger partial charge is 0.495 e. The number of fused-ring (bicyclic) bond motifs is 1. The number of anilines is 2. The van der Waals surface area contributed by atoms with Crippen molar-refractivity contribution in [3.8, 4) is 17.4 Å². The molecule has 1 aliphatic rings. The third kappa shape index (κ3) is 7.28. The lowest BCUT2D eigenvalue weighted by atomic mass is 9.99. The van der Waals surface area contributed by atoms with Crippen LogP contribution in [0.2, 0.25) is 5.02 Å². The normalized spacial score (nSPS) is 13.5. The zero-order chi connectivity index (χ0) is 26.3. The second-order valence-corrected chi connectivity index (χ2v) is 13.7. The van der Waals surface area contributed by atoms with Gasteiger partial charge in [0.15, 0.2) is 0 Å². The fourth-order valence-electron chi connectivity index (χ4n) is 3.86. The molecule has 0 aliphatic carbocycles. The molecule has 4 rings (SSSR count). The van der Waals surface area contributed by atoms with Crippen molar-refractivity contribution in [2.24, 2.45) is 0 Å². The van der Waals surface area contributed by atoms with Crippen molar-refractivity contribution in [2.75, 3.05) is 39.3 Å². The number of benzene rings is 2. The number of rotatable bonds is 7. The Morgan fingerprint density at radius 1 is 1.13 bits per heavy atom. The van der Waals surface area contributed by atoms with Gasteiger partial charge in [0.2, 0.25) is 11.8 Å². The van der Waals surface area contributed by atoms with E-state index in [1.165, 1.54) is 31.2 Å². The first-order valence-electron chi connectivity index (χ1n) is 10.8. The highest BCUT2D eigenvalue weighted by molar-refractivity contribution is 7.86. The molecule has 15 heteroatoms. The van der Waals surface area contributed by atoms with Gasteiger partial charge in [-0.1, -0.05) is 11.6 Å². The van der Waals surface area contributed by atoms with Gasteiger partial charge in [0.05, 0.1) is 29.2 Å². The van der Waals surface area contributed by atoms with E-state index in [-0.39, 0.29) is 52.7 Å². The molecule has 2 aromatic carbocycles. The lowest BCUT2D eigenvalue weighted by Gasteiger charge is -2.26. The SMILES string of the molecule is COc1cc2c(cc1Nc1ncc(Cl)c(Oc3ccc(S(=O)(=O)F)cc3P(C)(C)=O)n1)CN(C)CC2.Cl.Cl. The number of likely N-dealkylation sites (N-methyl/N-ethyl adjacent to an activating group) is 1. The van der Waals surface area contributed by atoms with Crippen LogP contribution in [0.1, 0.15) is 11.1 Å². The molecule has 2 heterocycles. The summed E-state index contributed by atoms with van der Waals surface area (Å²) >= 11 is 6.26. The number of hydrogen-bond donors (Lipinski definition) is 1. The molecule has 0 radical (unpaired) electrons. The number of nitrogens with zero attached hydrogens (tertiary/aromatic N) is 3. The van der Waals surface area contributed by atoms with Crippen LogP contribution in [0, 0.1) is 0 Å². The summed E-state index contributed by atoms with van der Waals surface area (Å²) in [5.41, 5.74) is 3.03. The van der Waals surface area contributed by atoms with Crippen LogP contribution in [0.15, 0.2) is 41.4 Å². The predicted octanol–water partition coefficient (Wildman–Crippen LogP) is 5.41. The summed E-state index contributed by atoms with van der Waals surface area (Å²) in [6.45, 7) is 4.59. The molecule has 0 amide bonds. The standard InChI is InChI=1S/C23H25ClFN4O5PS.2ClH/c1-29-8-7-14-10-20(33-2)18(9-15(14)13-29)27-23-26-12-17(24)22(28-23)34-19-6-5-16(36(25,31)32)11-21(19)35(3,4)30;;/h5-6,9-12H,7-8,13H2,1-4H3,(H,26,27,28);2*1H. The van der Waals surface area contributed by atoms with E-state index in [0.29, 0.717) is 11.4 Å². The number of aromatic nitrogens is 2. The zero-order valence-corrected chi connectivity index (χ0v) is 25.0. The van der Waals surface area contributed by atoms with Gasteiger partial charge in [0, 0.05) is 13.1 Å². The van der Waals surface area contributed by atoms with E-state index in [1.54, 1.807) is 7.11 Å². The molecule has 0 spiro atoms. The summed E-state index contributed by atoms with van der Waals surface area (Å²) in [5, 5.41) is 3.23. The molecule has 9 nitrogen and oxygen atoms in total. The Morgan fingerprint density at radius 2 is 1.84 bits per heavy atom. The maximum atomic E-state index is 13.5. The molecule has 3 aromatic rings. The first-order valence-corrected chi connectivity index (χ1v) is 15.2. The van der Waals surface area contributed by atoms with Crippen LogP contribution in [-0.4, -0.2) is 57.3 Å². The second-order valence-electron chi connectivity index (χ2n) is 8.80. The van der Waals surface area contributed by atoms with Gasteiger partial charge in [-0.25, -0.2) is 4.98 Å². The topological polar surface area (TPSA) is 111 Å². The van der Waals surface area contributed by atoms with Gasteiger partial charge in [-0.05, 0) is 68.3 Å². The van der Waals surface area contributed by atoms with Crippen LogP contribution in [0.3, 0.4) is 0 Å². The number of nitrogens with one attached hydrogen (secondary N) is 1. The summed E-state index contributed by atoms with van der Waals surface area (Å²) in [6, 6.07) is 7.21. The molecule has 1 N–H and O–H groups in total. The lowest BCUT2D eigenvalue weighted by Crippen LogP contribution is -2.26. The maximum Gasteiger partial charge on any atom is 0.332 e. The van der Waals surface area contributed by atoms with E-state index in [1.807, 2.05) is 12.1 Å². The molecule has 1 aromatic heterocycles. The highest BCUT2D eigenvalue weighted by Gasteiger charge is 2.24. The fraction of sp³-hybridized carbons (Fsp3) is 0.304. The minimum absolute atomic E-state index is 0. The number of halogens is 4. The first-order chi connectivity index (χ1) is 16.8. The summed E-state index contributed by atoms with van der Waals surface area (Å²) in [6.07, 6.45) is 2.25. The average Bonchev–Trinajstić information content (AvgIpc) is 2.79. The van der Waals surface area contributed by atoms with Crippen LogP contribution in [0.25, 0.3) is 0 Å². The molecule has 0 fully saturated rings. The van der Waals surface area contributed by atoms with E-state index in [0.717, 1.165) is 37.2 Å². The van der Waals surface area contributed by atoms with Crippen molar-refractivity contribution in [3.05, 3.63) is 52.7 Å². The first kappa shape index (κ1) is 32.1. The summed E-state index contributed by atoms with van der Waals surface area (Å²) in [7, 11) is -4.44. The number of ether oxygens (including phenoxy) is 2. The second kappa shape index (κ2) is 12.4. The Labute approximate surface area is 238 Å². The van der Waals surface area contributed by atoms with Gasteiger partial charge in [0.25, 0.3) is 0 Å². The third-order valence-electron chi connectivity index (χ3n) is 5.68. The van der Waals surface area contributed by atoms with Crippen LogP contribution in [0.4, 0.5) is 15.5 Å². The molecule has 1 aliphatic heterocycles. The van der Waals surface area contributed by atoms with Gasteiger partial charge in [-0.3, -0.25) is 0 Å². The van der Waals surface area contributed by atoms with Crippen molar-refractivity contribution in [3.63, 3.8) is 0 Å². The molecule has 208 valence electrons. The molecule has 38 heavy (non-hydrogen) atoms. The molecule has 0 unspecified atom stereocenters. The Hall–Kier alpha value is -2.14. The molecule has 0 saturated carbocycles. The Kier molecular flexibility index (Phi) is 10.4. The summed E-state index contributed by atoms with van der Waals surface area (Å²) < 4.78 is 60.4. The molecule has 0 bridgehead atoms. The minimum Gasteiger partial charge on any atom is -0.495 e. The van der Waals surface area contributed by atoms with Crippen molar-refractivity contribution < 1.29 is 26.3 Å². The third-order valence-corrected chi connectivity index (χ3v) is 8.27. The van der Waals surface area contributed by atoms with Crippen LogP contribution < -0.4 is 20.1 Å². The van der Waals surface area contributed by atoms with Gasteiger partial charge in [-0.15, -0.1) is 28.7 Å². The van der Waals surface area contributed by atoms with E-state index in [2.05, 4.69) is 27.2 Å². The minimum atomic E-state index is -4.99. The maximum absolute atomic E-state index is 13.5. The average molecular weight is 628 g/mol. The van der Waals surface area contributed by atoms with Crippen LogP contribution in [-0.2, 0) is 27.8 Å². The smallest absolute Gasteiger partial charge is 0.332 e. The Balaban J connectivity index is 0.00000253. The highest BCUT2D eigenvalue weighted by Crippen LogP contribution is 2.41. The number of hydrogen-bond acceptors (Lipinski definition) is 9. The van der Waals surface area contributed by atoms with Gasteiger partial charge in [0.1, 0.15) is 23.7 Å². The molecule has 0 saturated heterocycles. The van der Waals surface area contributed by atoms with Crippen LogP contribution in [0.5, 0.6) is 17.4 Å². The predicted molar refractivity (Wildman–Crippen MR) is 152 cm³/mol. The Morgan fingerprint density at radius 3 is 2.47 bits per heavy atom. The monoisotopic (exact) mass is 626 g/mol. The summed E-state index contributed by atoms with van der Waals surface area (Å²) in [5.74, 6) is 0.771. The van der Waals surface area contributed by atoms with Gasteiger partial charge < -0.3 is 24.3 Å². The van der Waals surface area contributed by atoms with E-state index >= 15 is 0 Å². The van der Waals surface area contributed by atoms with Gasteiger partial charge in [-0.2, -0.15) is 13.4 Å². The lowest BCUT2D eigenvalue weighted by molar-refractivity contribution is 0.312. The van der Waals surface area contributed by atoms with Crippen LogP contribution >= 0.6 is 43.6 Å². The zero-order valence-electron chi connectivity index (χ0n) is 20.9. The summed E-state index contributed by atoms with van der Waals surface area (Å²) in [4.78, 5) is 10.2. The molecule has 0 atom stereocenters. The quantitative estimate of drug-likeness (QED) is 0.271. The van der Waals surface area contributed by atoms with E-state index in [4.69, 9.17) is 21.1 Å².